The molecule has 0 aliphatic heterocycles. The van der Waals surface area contributed by atoms with Crippen molar-refractivity contribution in [1.82, 2.24) is 4.98 Å². The lowest BCUT2D eigenvalue weighted by atomic mass is 10.4. The SMILES string of the molecule is FC(F)(F)Oc1ccc(NC2CC2)nc1. The van der Waals surface area contributed by atoms with Crippen molar-refractivity contribution < 1.29 is 17.9 Å². The zero-order valence-corrected chi connectivity index (χ0v) is 7.71. The van der Waals surface area contributed by atoms with Gasteiger partial charge in [0.2, 0.25) is 0 Å². The molecule has 0 amide bonds. The lowest BCUT2D eigenvalue weighted by molar-refractivity contribution is -0.274. The number of hydrogen-bond acceptors (Lipinski definition) is 3. The van der Waals surface area contributed by atoms with E-state index in [1.165, 1.54) is 12.1 Å². The Morgan fingerprint density at radius 3 is 2.53 bits per heavy atom. The van der Waals surface area contributed by atoms with Crippen LogP contribution in [0.4, 0.5) is 19.0 Å². The Balaban J connectivity index is 1.96. The van der Waals surface area contributed by atoms with E-state index in [2.05, 4.69) is 15.0 Å². The average Bonchev–Trinajstić information content (AvgIpc) is 2.90. The normalized spacial score (nSPS) is 16.2. The van der Waals surface area contributed by atoms with E-state index in [9.17, 15) is 13.2 Å². The fraction of sp³-hybridized carbons (Fsp3) is 0.444. The summed E-state index contributed by atoms with van der Waals surface area (Å²) in [6, 6.07) is 3.14. The number of aromatic nitrogens is 1. The van der Waals surface area contributed by atoms with Crippen LogP contribution in [0.25, 0.3) is 0 Å². The zero-order chi connectivity index (χ0) is 10.9. The van der Waals surface area contributed by atoms with E-state index in [0.29, 0.717) is 11.9 Å². The highest BCUT2D eigenvalue weighted by atomic mass is 19.4. The van der Waals surface area contributed by atoms with E-state index in [1.807, 2.05) is 0 Å². The van der Waals surface area contributed by atoms with Crippen molar-refractivity contribution in [3.63, 3.8) is 0 Å². The molecule has 0 bridgehead atoms. The van der Waals surface area contributed by atoms with Crippen LogP contribution in [0, 0.1) is 0 Å². The first kappa shape index (κ1) is 10.1. The second kappa shape index (κ2) is 3.60. The van der Waals surface area contributed by atoms with E-state index < -0.39 is 6.36 Å². The maximum Gasteiger partial charge on any atom is 0.573 e. The van der Waals surface area contributed by atoms with Gasteiger partial charge in [-0.3, -0.25) is 0 Å². The summed E-state index contributed by atoms with van der Waals surface area (Å²) in [5, 5.41) is 3.06. The number of nitrogens with one attached hydrogen (secondary N) is 1. The van der Waals surface area contributed by atoms with Gasteiger partial charge in [0.1, 0.15) is 11.6 Å². The quantitative estimate of drug-likeness (QED) is 0.846. The number of pyridine rings is 1. The van der Waals surface area contributed by atoms with Gasteiger partial charge in [-0.1, -0.05) is 0 Å². The van der Waals surface area contributed by atoms with E-state index in [-0.39, 0.29) is 5.75 Å². The molecule has 1 aromatic rings. The van der Waals surface area contributed by atoms with Gasteiger partial charge in [-0.05, 0) is 25.0 Å². The number of rotatable bonds is 3. The highest BCUT2D eigenvalue weighted by Gasteiger charge is 2.31. The highest BCUT2D eigenvalue weighted by molar-refractivity contribution is 5.39. The molecule has 1 fully saturated rings. The molecule has 1 aliphatic carbocycles. The summed E-state index contributed by atoms with van der Waals surface area (Å²) in [4.78, 5) is 3.81. The lowest BCUT2D eigenvalue weighted by Crippen LogP contribution is -2.17. The maximum atomic E-state index is 11.8. The van der Waals surface area contributed by atoms with Crippen molar-refractivity contribution in [1.29, 1.82) is 0 Å². The Labute approximate surface area is 84.3 Å². The van der Waals surface area contributed by atoms with Crippen LogP contribution < -0.4 is 10.1 Å². The summed E-state index contributed by atoms with van der Waals surface area (Å²) < 4.78 is 39.1. The maximum absolute atomic E-state index is 11.8. The van der Waals surface area contributed by atoms with Crippen molar-refractivity contribution in [3.8, 4) is 5.75 Å². The van der Waals surface area contributed by atoms with Gasteiger partial charge in [0.05, 0.1) is 6.20 Å². The molecule has 2 rings (SSSR count). The van der Waals surface area contributed by atoms with Crippen molar-refractivity contribution in [3.05, 3.63) is 18.3 Å². The summed E-state index contributed by atoms with van der Waals surface area (Å²) in [5.41, 5.74) is 0. The van der Waals surface area contributed by atoms with Crippen LogP contribution in [-0.4, -0.2) is 17.4 Å². The van der Waals surface area contributed by atoms with E-state index in [4.69, 9.17) is 0 Å². The highest BCUT2D eigenvalue weighted by Crippen LogP contribution is 2.26. The standard InChI is InChI=1S/C9H9F3N2O/c10-9(11,12)15-7-3-4-8(13-5-7)14-6-1-2-6/h3-6H,1-2H2,(H,13,14). The predicted octanol–water partition coefficient (Wildman–Crippen LogP) is 2.55. The molecule has 6 heteroatoms. The summed E-state index contributed by atoms with van der Waals surface area (Å²) in [6.07, 6.45) is -1.43. The molecule has 15 heavy (non-hydrogen) atoms. The van der Waals surface area contributed by atoms with Gasteiger partial charge in [0, 0.05) is 6.04 Å². The second-order valence-electron chi connectivity index (χ2n) is 3.35. The van der Waals surface area contributed by atoms with Crippen molar-refractivity contribution in [2.45, 2.75) is 25.2 Å². The minimum Gasteiger partial charge on any atom is -0.404 e. The predicted molar refractivity (Wildman–Crippen MR) is 47.6 cm³/mol. The van der Waals surface area contributed by atoms with Gasteiger partial charge in [-0.15, -0.1) is 13.2 Å². The third-order valence-corrected chi connectivity index (χ3v) is 1.90. The van der Waals surface area contributed by atoms with Crippen LogP contribution >= 0.6 is 0 Å². The van der Waals surface area contributed by atoms with Gasteiger partial charge in [-0.25, -0.2) is 4.98 Å². The van der Waals surface area contributed by atoms with Crippen LogP contribution in [0.3, 0.4) is 0 Å². The van der Waals surface area contributed by atoms with Crippen LogP contribution in [0.1, 0.15) is 12.8 Å². The molecule has 0 aromatic carbocycles. The molecule has 0 spiro atoms. The molecular formula is C9H9F3N2O. The van der Waals surface area contributed by atoms with Crippen molar-refractivity contribution in [2.24, 2.45) is 0 Å². The molecule has 0 atom stereocenters. The van der Waals surface area contributed by atoms with Gasteiger partial charge in [0.15, 0.2) is 0 Å². The largest absolute Gasteiger partial charge is 0.573 e. The lowest BCUT2D eigenvalue weighted by Gasteiger charge is -2.09. The third-order valence-electron chi connectivity index (χ3n) is 1.90. The van der Waals surface area contributed by atoms with Gasteiger partial charge >= 0.3 is 6.36 Å². The van der Waals surface area contributed by atoms with Crippen molar-refractivity contribution in [2.75, 3.05) is 5.32 Å². The topological polar surface area (TPSA) is 34.1 Å². The Hall–Kier alpha value is -1.46. The summed E-state index contributed by atoms with van der Waals surface area (Å²) in [6.45, 7) is 0. The molecule has 1 aliphatic rings. The van der Waals surface area contributed by atoms with Crippen molar-refractivity contribution >= 4 is 5.82 Å². The van der Waals surface area contributed by atoms with E-state index in [1.54, 1.807) is 0 Å². The first-order valence-corrected chi connectivity index (χ1v) is 4.51. The second-order valence-corrected chi connectivity index (χ2v) is 3.35. The molecule has 1 N–H and O–H groups in total. The van der Waals surface area contributed by atoms with Crippen LogP contribution in [0.15, 0.2) is 18.3 Å². The van der Waals surface area contributed by atoms with Crippen LogP contribution in [0.5, 0.6) is 5.75 Å². The number of hydrogen-bond donors (Lipinski definition) is 1. The Morgan fingerprint density at radius 1 is 1.33 bits per heavy atom. The Kier molecular flexibility index (Phi) is 2.42. The first-order chi connectivity index (χ1) is 7.03. The Morgan fingerprint density at radius 2 is 2.07 bits per heavy atom. The molecule has 1 saturated carbocycles. The number of halogens is 3. The molecule has 3 nitrogen and oxygen atoms in total. The van der Waals surface area contributed by atoms with Gasteiger partial charge < -0.3 is 10.1 Å². The smallest absolute Gasteiger partial charge is 0.404 e. The molecule has 1 heterocycles. The Bertz CT molecular complexity index is 332. The number of ether oxygens (including phenoxy) is 1. The van der Waals surface area contributed by atoms with Crippen LogP contribution in [0.2, 0.25) is 0 Å². The first-order valence-electron chi connectivity index (χ1n) is 4.51. The number of nitrogens with zero attached hydrogens (tertiary/aromatic N) is 1. The average molecular weight is 218 g/mol. The third kappa shape index (κ3) is 3.30. The van der Waals surface area contributed by atoms with E-state index >= 15 is 0 Å². The monoisotopic (exact) mass is 218 g/mol. The zero-order valence-electron chi connectivity index (χ0n) is 7.71. The number of alkyl halides is 3. The fourth-order valence-electron chi connectivity index (χ4n) is 1.10. The fourth-order valence-corrected chi connectivity index (χ4v) is 1.10. The minimum absolute atomic E-state index is 0.302. The summed E-state index contributed by atoms with van der Waals surface area (Å²) >= 11 is 0. The molecule has 0 unspecified atom stereocenters. The number of anilines is 1. The summed E-state index contributed by atoms with van der Waals surface area (Å²) in [5.74, 6) is 0.274. The minimum atomic E-state index is -4.66. The molecule has 0 saturated heterocycles. The van der Waals surface area contributed by atoms with E-state index in [0.717, 1.165) is 19.0 Å². The van der Waals surface area contributed by atoms with Gasteiger partial charge in [-0.2, -0.15) is 0 Å². The summed E-state index contributed by atoms with van der Waals surface area (Å²) in [7, 11) is 0. The van der Waals surface area contributed by atoms with Gasteiger partial charge in [0.25, 0.3) is 0 Å². The van der Waals surface area contributed by atoms with Crippen LogP contribution in [-0.2, 0) is 0 Å². The molecule has 1 aromatic heterocycles. The molecule has 82 valence electrons. The molecule has 0 radical (unpaired) electrons. The molecular weight excluding hydrogens is 209 g/mol.